The molecule has 2 rings (SSSR count). The Morgan fingerprint density at radius 1 is 1.17 bits per heavy atom. The summed E-state index contributed by atoms with van der Waals surface area (Å²) in [7, 11) is 0. The molecule has 0 fully saturated rings. The molecule has 0 spiro atoms. The predicted molar refractivity (Wildman–Crippen MR) is 49.0 cm³/mol. The molecule has 0 aliphatic rings. The number of benzene rings is 1. The summed E-state index contributed by atoms with van der Waals surface area (Å²) in [6.07, 6.45) is 0. The van der Waals surface area contributed by atoms with Crippen LogP contribution in [-0.4, -0.2) is 0 Å². The van der Waals surface area contributed by atoms with E-state index in [0.29, 0.717) is 0 Å². The normalized spacial score (nSPS) is 9.83. The van der Waals surface area contributed by atoms with E-state index in [1.54, 1.807) is 0 Å². The Hall–Kier alpha value is -0.300. The van der Waals surface area contributed by atoms with Crippen molar-refractivity contribution in [3.63, 3.8) is 0 Å². The van der Waals surface area contributed by atoms with Crippen LogP contribution in [0.15, 0.2) is 30.3 Å². The third kappa shape index (κ3) is 1.56. The molecule has 0 nitrogen and oxygen atoms in total. The van der Waals surface area contributed by atoms with Crippen LogP contribution in [0.4, 0.5) is 0 Å². The van der Waals surface area contributed by atoms with Gasteiger partial charge in [0.15, 0.2) is 0 Å². The van der Waals surface area contributed by atoms with Crippen LogP contribution in [0.3, 0.4) is 0 Å². The molecule has 0 aliphatic carbocycles. The van der Waals surface area contributed by atoms with Gasteiger partial charge >= 0.3 is 0 Å². The zero-order valence-electron chi connectivity index (χ0n) is 7.39. The van der Waals surface area contributed by atoms with Gasteiger partial charge in [0.25, 0.3) is 0 Å². The van der Waals surface area contributed by atoms with E-state index in [0.717, 1.165) is 0 Å². The van der Waals surface area contributed by atoms with Crippen molar-refractivity contribution in [3.05, 3.63) is 41.5 Å². The number of hydrogen-bond donors (Lipinski definition) is 0. The van der Waals surface area contributed by atoms with Crippen molar-refractivity contribution in [2.24, 2.45) is 0 Å². The quantitative estimate of drug-likeness (QED) is 0.516. The molecule has 0 atom stereocenters. The number of fused-ring (bicyclic) bond motifs is 1. The van der Waals surface area contributed by atoms with Gasteiger partial charge < -0.3 is 0 Å². The zero-order chi connectivity index (χ0) is 7.84. The molecular formula is C11H11Hf-. The molecule has 0 N–H and O–H groups in total. The van der Waals surface area contributed by atoms with Crippen molar-refractivity contribution in [1.82, 2.24) is 0 Å². The first-order chi connectivity index (χ1) is 5.27. The summed E-state index contributed by atoms with van der Waals surface area (Å²) in [6.45, 7) is 4.29. The van der Waals surface area contributed by atoms with Crippen LogP contribution in [0.25, 0.3) is 10.8 Å². The zero-order valence-corrected chi connectivity index (χ0v) is 11.0. The van der Waals surface area contributed by atoms with Gasteiger partial charge in [0, 0.05) is 25.8 Å². The van der Waals surface area contributed by atoms with Gasteiger partial charge in [-0.1, -0.05) is 18.6 Å². The standard InChI is InChI=1S/C11H11.Hf/c1-8-6-10-5-3-4-9(2)11(10)7-8;/h3-7H,1-2H3;/q-1;. The second-order valence-electron chi connectivity index (χ2n) is 3.11. The maximum atomic E-state index is 2.24. The first-order valence-electron chi connectivity index (χ1n) is 3.90. The Morgan fingerprint density at radius 3 is 2.58 bits per heavy atom. The van der Waals surface area contributed by atoms with Crippen molar-refractivity contribution in [2.45, 2.75) is 13.8 Å². The molecule has 0 aromatic heterocycles. The molecule has 12 heavy (non-hydrogen) atoms. The summed E-state index contributed by atoms with van der Waals surface area (Å²) >= 11 is 0. The van der Waals surface area contributed by atoms with Crippen LogP contribution in [-0.2, 0) is 25.8 Å². The first-order valence-corrected chi connectivity index (χ1v) is 3.90. The van der Waals surface area contributed by atoms with E-state index in [4.69, 9.17) is 0 Å². The van der Waals surface area contributed by atoms with E-state index >= 15 is 0 Å². The van der Waals surface area contributed by atoms with Crippen molar-refractivity contribution in [3.8, 4) is 0 Å². The molecule has 1 heteroatoms. The van der Waals surface area contributed by atoms with Crippen LogP contribution < -0.4 is 0 Å². The first kappa shape index (κ1) is 9.79. The van der Waals surface area contributed by atoms with E-state index in [1.165, 1.54) is 21.9 Å². The summed E-state index contributed by atoms with van der Waals surface area (Å²) < 4.78 is 0. The van der Waals surface area contributed by atoms with Crippen LogP contribution in [0.2, 0.25) is 0 Å². The number of aryl methyl sites for hydroxylation is 2. The van der Waals surface area contributed by atoms with Gasteiger partial charge in [-0.05, 0) is 6.92 Å². The van der Waals surface area contributed by atoms with Gasteiger partial charge in [0.05, 0.1) is 0 Å². The second-order valence-corrected chi connectivity index (χ2v) is 3.11. The molecule has 2 aromatic carbocycles. The minimum atomic E-state index is 0. The summed E-state index contributed by atoms with van der Waals surface area (Å²) in [6, 6.07) is 10.9. The average Bonchev–Trinajstić information content (AvgIpc) is 2.31. The Morgan fingerprint density at radius 2 is 1.92 bits per heavy atom. The molecule has 0 saturated carbocycles. The second kappa shape index (κ2) is 3.61. The van der Waals surface area contributed by atoms with Crippen molar-refractivity contribution in [1.29, 1.82) is 0 Å². The minimum absolute atomic E-state index is 0. The van der Waals surface area contributed by atoms with Gasteiger partial charge in [-0.15, -0.1) is 34.5 Å². The van der Waals surface area contributed by atoms with Crippen LogP contribution in [0, 0.1) is 13.8 Å². The van der Waals surface area contributed by atoms with Gasteiger partial charge in [0.1, 0.15) is 0 Å². The molecule has 0 radical (unpaired) electrons. The van der Waals surface area contributed by atoms with Crippen molar-refractivity contribution >= 4 is 10.8 Å². The topological polar surface area (TPSA) is 0 Å². The molecule has 0 amide bonds. The Labute approximate surface area is 91.7 Å². The summed E-state index contributed by atoms with van der Waals surface area (Å²) in [5, 5.41) is 2.76. The molecule has 0 unspecified atom stereocenters. The largest absolute Gasteiger partial charge is 0.165 e. The minimum Gasteiger partial charge on any atom is -0.165 e. The monoisotopic (exact) mass is 323 g/mol. The molecule has 0 bridgehead atoms. The molecule has 0 heterocycles. The molecule has 60 valence electrons. The van der Waals surface area contributed by atoms with E-state index in [9.17, 15) is 0 Å². The molecule has 0 aliphatic heterocycles. The maximum Gasteiger partial charge on any atom is 0 e. The van der Waals surface area contributed by atoms with Crippen LogP contribution in [0.5, 0.6) is 0 Å². The molecular weight excluding hydrogens is 311 g/mol. The average molecular weight is 322 g/mol. The summed E-state index contributed by atoms with van der Waals surface area (Å²) in [5.74, 6) is 0. The van der Waals surface area contributed by atoms with Gasteiger partial charge in [-0.3, -0.25) is 0 Å². The smallest absolute Gasteiger partial charge is 0 e. The Bertz CT molecular complexity index is 385. The van der Waals surface area contributed by atoms with E-state index < -0.39 is 0 Å². The van der Waals surface area contributed by atoms with Crippen LogP contribution >= 0.6 is 0 Å². The van der Waals surface area contributed by atoms with Crippen LogP contribution in [0.1, 0.15) is 11.1 Å². The van der Waals surface area contributed by atoms with Gasteiger partial charge in [0.2, 0.25) is 0 Å². The SMILES string of the molecule is Cc1cc2c(C)cccc2[cH-]1.[Hf]. The van der Waals surface area contributed by atoms with Gasteiger partial charge in [-0.25, -0.2) is 0 Å². The number of hydrogen-bond acceptors (Lipinski definition) is 0. The molecule has 0 saturated heterocycles. The fourth-order valence-corrected chi connectivity index (χ4v) is 1.54. The summed E-state index contributed by atoms with van der Waals surface area (Å²) in [4.78, 5) is 0. The van der Waals surface area contributed by atoms with Crippen molar-refractivity contribution < 1.29 is 25.8 Å². The van der Waals surface area contributed by atoms with E-state index in [2.05, 4.69) is 44.2 Å². The summed E-state index contributed by atoms with van der Waals surface area (Å²) in [5.41, 5.74) is 2.73. The van der Waals surface area contributed by atoms with Crippen molar-refractivity contribution in [2.75, 3.05) is 0 Å². The van der Waals surface area contributed by atoms with E-state index in [1.807, 2.05) is 0 Å². The fraction of sp³-hybridized carbons (Fsp3) is 0.182. The molecule has 2 aromatic rings. The van der Waals surface area contributed by atoms with Gasteiger partial charge in [-0.2, -0.15) is 6.07 Å². The Balaban J connectivity index is 0.000000720. The third-order valence-corrected chi connectivity index (χ3v) is 2.11. The Kier molecular flexibility index (Phi) is 2.94. The maximum absolute atomic E-state index is 2.24. The third-order valence-electron chi connectivity index (χ3n) is 2.11. The fourth-order valence-electron chi connectivity index (χ4n) is 1.54. The number of rotatable bonds is 0. The van der Waals surface area contributed by atoms with E-state index in [-0.39, 0.29) is 25.8 Å². The predicted octanol–water partition coefficient (Wildman–Crippen LogP) is 3.17.